The fraction of sp³-hybridized carbons (Fsp3) is 0.0714. The van der Waals surface area contributed by atoms with Crippen molar-refractivity contribution in [1.82, 2.24) is 0 Å². The van der Waals surface area contributed by atoms with Crippen LogP contribution in [0.3, 0.4) is 0 Å². The maximum absolute atomic E-state index is 10.7. The molecule has 0 aliphatic carbocycles. The van der Waals surface area contributed by atoms with Crippen LogP contribution in [0.4, 0.5) is 0 Å². The van der Waals surface area contributed by atoms with Crippen molar-refractivity contribution in [3.8, 4) is 5.75 Å². The van der Waals surface area contributed by atoms with Crippen LogP contribution >= 0.6 is 11.6 Å². The molecule has 2 aromatic rings. The maximum atomic E-state index is 10.7. The summed E-state index contributed by atoms with van der Waals surface area (Å²) in [6.07, 6.45) is 0. The smallest absolute Gasteiger partial charge is 0.335 e. The number of benzene rings is 2. The molecule has 0 spiro atoms. The van der Waals surface area contributed by atoms with E-state index in [0.29, 0.717) is 17.4 Å². The summed E-state index contributed by atoms with van der Waals surface area (Å²) in [5.74, 6) is -0.311. The zero-order valence-corrected chi connectivity index (χ0v) is 10.2. The zero-order valence-electron chi connectivity index (χ0n) is 9.47. The van der Waals surface area contributed by atoms with E-state index < -0.39 is 5.97 Å². The first-order chi connectivity index (χ1) is 8.65. The number of halogens is 1. The monoisotopic (exact) mass is 262 g/mol. The van der Waals surface area contributed by atoms with E-state index in [1.54, 1.807) is 24.3 Å². The maximum Gasteiger partial charge on any atom is 0.335 e. The van der Waals surface area contributed by atoms with Crippen LogP contribution in [0.5, 0.6) is 5.75 Å². The number of carbonyl (C=O) groups is 1. The van der Waals surface area contributed by atoms with Gasteiger partial charge in [0.25, 0.3) is 0 Å². The summed E-state index contributed by atoms with van der Waals surface area (Å²) in [6.45, 7) is 0.420. The third kappa shape index (κ3) is 3.25. The third-order valence-electron chi connectivity index (χ3n) is 2.42. The standard InChI is InChI=1S/C14H11ClO3/c15-12-5-1-10(2-6-12)9-18-13-7-3-11(4-8-13)14(16)17/h1-8H,9H2,(H,16,17). The summed E-state index contributed by atoms with van der Waals surface area (Å²) >= 11 is 5.78. The van der Waals surface area contributed by atoms with Gasteiger partial charge in [0.1, 0.15) is 12.4 Å². The van der Waals surface area contributed by atoms with Crippen LogP contribution in [0, 0.1) is 0 Å². The van der Waals surface area contributed by atoms with Gasteiger partial charge in [-0.15, -0.1) is 0 Å². The molecule has 2 rings (SSSR count). The summed E-state index contributed by atoms with van der Waals surface area (Å²) in [7, 11) is 0. The van der Waals surface area contributed by atoms with Gasteiger partial charge in [-0.2, -0.15) is 0 Å². The lowest BCUT2D eigenvalue weighted by Gasteiger charge is -2.06. The Kier molecular flexibility index (Phi) is 3.85. The Bertz CT molecular complexity index is 532. The average Bonchev–Trinajstić information content (AvgIpc) is 2.38. The van der Waals surface area contributed by atoms with E-state index in [4.69, 9.17) is 21.4 Å². The van der Waals surface area contributed by atoms with Crippen LogP contribution in [-0.2, 0) is 6.61 Å². The van der Waals surface area contributed by atoms with Crippen LogP contribution in [0.25, 0.3) is 0 Å². The van der Waals surface area contributed by atoms with E-state index in [9.17, 15) is 4.79 Å². The lowest BCUT2D eigenvalue weighted by Crippen LogP contribution is -1.97. The van der Waals surface area contributed by atoms with Crippen molar-refractivity contribution in [2.24, 2.45) is 0 Å². The molecule has 4 heteroatoms. The zero-order chi connectivity index (χ0) is 13.0. The SMILES string of the molecule is O=C(O)c1ccc(OCc2ccc(Cl)cc2)cc1. The second-order valence-electron chi connectivity index (χ2n) is 3.74. The summed E-state index contributed by atoms with van der Waals surface area (Å²) in [5.41, 5.74) is 1.25. The molecule has 0 unspecified atom stereocenters. The van der Waals surface area contributed by atoms with Gasteiger partial charge in [0.05, 0.1) is 5.56 Å². The van der Waals surface area contributed by atoms with Gasteiger partial charge in [-0.25, -0.2) is 4.79 Å². The molecular formula is C14H11ClO3. The minimum absolute atomic E-state index is 0.244. The molecule has 0 amide bonds. The molecule has 3 nitrogen and oxygen atoms in total. The fourth-order valence-electron chi connectivity index (χ4n) is 1.44. The highest BCUT2D eigenvalue weighted by Gasteiger charge is 2.02. The highest BCUT2D eigenvalue weighted by molar-refractivity contribution is 6.30. The van der Waals surface area contributed by atoms with E-state index in [2.05, 4.69) is 0 Å². The number of hydrogen-bond acceptors (Lipinski definition) is 2. The lowest BCUT2D eigenvalue weighted by molar-refractivity contribution is 0.0697. The Morgan fingerprint density at radius 1 is 1.06 bits per heavy atom. The lowest BCUT2D eigenvalue weighted by atomic mass is 10.2. The summed E-state index contributed by atoms with van der Waals surface area (Å²) in [4.78, 5) is 10.7. The first-order valence-corrected chi connectivity index (χ1v) is 5.73. The predicted molar refractivity (Wildman–Crippen MR) is 69.2 cm³/mol. The topological polar surface area (TPSA) is 46.5 Å². The highest BCUT2D eigenvalue weighted by atomic mass is 35.5. The number of carboxylic acid groups (broad SMARTS) is 1. The molecule has 1 N–H and O–H groups in total. The number of aromatic carboxylic acids is 1. The highest BCUT2D eigenvalue weighted by Crippen LogP contribution is 2.15. The van der Waals surface area contributed by atoms with Crippen LogP contribution in [0.2, 0.25) is 5.02 Å². The molecule has 92 valence electrons. The summed E-state index contributed by atoms with van der Waals surface area (Å²) in [5, 5.41) is 9.44. The van der Waals surface area contributed by atoms with Gasteiger partial charge in [-0.1, -0.05) is 23.7 Å². The molecular weight excluding hydrogens is 252 g/mol. The van der Waals surface area contributed by atoms with Crippen molar-refractivity contribution in [2.75, 3.05) is 0 Å². The fourth-order valence-corrected chi connectivity index (χ4v) is 1.57. The molecule has 0 bridgehead atoms. The molecule has 2 aromatic carbocycles. The van der Waals surface area contributed by atoms with Gasteiger partial charge < -0.3 is 9.84 Å². The normalized spacial score (nSPS) is 10.1. The van der Waals surface area contributed by atoms with Gasteiger partial charge >= 0.3 is 5.97 Å². The first kappa shape index (κ1) is 12.5. The largest absolute Gasteiger partial charge is 0.489 e. The van der Waals surface area contributed by atoms with Gasteiger partial charge in [0.2, 0.25) is 0 Å². The van der Waals surface area contributed by atoms with Crippen molar-refractivity contribution >= 4 is 17.6 Å². The van der Waals surface area contributed by atoms with Crippen LogP contribution < -0.4 is 4.74 Å². The van der Waals surface area contributed by atoms with Gasteiger partial charge in [-0.05, 0) is 42.0 Å². The molecule has 0 heterocycles. The van der Waals surface area contributed by atoms with E-state index in [-0.39, 0.29) is 5.56 Å². The molecule has 0 fully saturated rings. The number of carboxylic acids is 1. The minimum Gasteiger partial charge on any atom is -0.489 e. The molecule has 0 aliphatic heterocycles. The van der Waals surface area contributed by atoms with Gasteiger partial charge in [0, 0.05) is 5.02 Å². The number of rotatable bonds is 4. The Labute approximate surface area is 110 Å². The quantitative estimate of drug-likeness (QED) is 0.915. The van der Waals surface area contributed by atoms with Crippen LogP contribution in [0.1, 0.15) is 15.9 Å². The van der Waals surface area contributed by atoms with E-state index >= 15 is 0 Å². The predicted octanol–water partition coefficient (Wildman–Crippen LogP) is 3.62. The van der Waals surface area contributed by atoms with E-state index in [1.165, 1.54) is 12.1 Å². The summed E-state index contributed by atoms with van der Waals surface area (Å²) < 4.78 is 5.53. The Balaban J connectivity index is 1.97. The molecule has 0 saturated heterocycles. The van der Waals surface area contributed by atoms with Crippen molar-refractivity contribution in [2.45, 2.75) is 6.61 Å². The molecule has 18 heavy (non-hydrogen) atoms. The van der Waals surface area contributed by atoms with Crippen molar-refractivity contribution in [1.29, 1.82) is 0 Å². The number of ether oxygens (including phenoxy) is 1. The van der Waals surface area contributed by atoms with Crippen LogP contribution in [0.15, 0.2) is 48.5 Å². The summed E-state index contributed by atoms with van der Waals surface area (Å²) in [6, 6.07) is 13.7. The van der Waals surface area contributed by atoms with Crippen molar-refractivity contribution < 1.29 is 14.6 Å². The Hall–Kier alpha value is -2.00. The second-order valence-corrected chi connectivity index (χ2v) is 4.18. The first-order valence-electron chi connectivity index (χ1n) is 5.36. The van der Waals surface area contributed by atoms with Gasteiger partial charge in [-0.3, -0.25) is 0 Å². The molecule has 0 saturated carbocycles. The molecule has 0 radical (unpaired) electrons. The van der Waals surface area contributed by atoms with E-state index in [0.717, 1.165) is 5.56 Å². The van der Waals surface area contributed by atoms with Crippen molar-refractivity contribution in [3.05, 3.63) is 64.7 Å². The minimum atomic E-state index is -0.945. The van der Waals surface area contributed by atoms with Crippen molar-refractivity contribution in [3.63, 3.8) is 0 Å². The third-order valence-corrected chi connectivity index (χ3v) is 2.67. The average molecular weight is 263 g/mol. The number of hydrogen-bond donors (Lipinski definition) is 1. The molecule has 0 aromatic heterocycles. The molecule has 0 atom stereocenters. The van der Waals surface area contributed by atoms with Gasteiger partial charge in [0.15, 0.2) is 0 Å². The second kappa shape index (κ2) is 5.56. The van der Waals surface area contributed by atoms with E-state index in [1.807, 2.05) is 12.1 Å². The molecule has 0 aliphatic rings. The Morgan fingerprint density at radius 3 is 2.22 bits per heavy atom. The Morgan fingerprint density at radius 2 is 1.67 bits per heavy atom. The van der Waals surface area contributed by atoms with Crippen LogP contribution in [-0.4, -0.2) is 11.1 Å².